The second-order valence-corrected chi connectivity index (χ2v) is 5.69. The zero-order valence-corrected chi connectivity index (χ0v) is 11.8. The molecule has 0 bridgehead atoms. The van der Waals surface area contributed by atoms with Crippen LogP contribution < -0.4 is 0 Å². The van der Waals surface area contributed by atoms with Crippen LogP contribution in [0.2, 0.25) is 5.02 Å². The Kier molecular flexibility index (Phi) is 4.10. The summed E-state index contributed by atoms with van der Waals surface area (Å²) < 4.78 is 0. The minimum atomic E-state index is 0.585. The number of aryl methyl sites for hydroxylation is 2. The summed E-state index contributed by atoms with van der Waals surface area (Å²) in [6.07, 6.45) is 0.845. The van der Waals surface area contributed by atoms with Crippen molar-refractivity contribution in [3.63, 3.8) is 0 Å². The zero-order valence-electron chi connectivity index (χ0n) is 10.2. The zero-order chi connectivity index (χ0) is 13.1. The van der Waals surface area contributed by atoms with Gasteiger partial charge in [0.2, 0.25) is 0 Å². The first-order valence-electron chi connectivity index (χ1n) is 5.60. The van der Waals surface area contributed by atoms with Crippen LogP contribution in [0.4, 0.5) is 0 Å². The molecule has 2 rings (SSSR count). The van der Waals surface area contributed by atoms with Crippen molar-refractivity contribution < 1.29 is 4.79 Å². The summed E-state index contributed by atoms with van der Waals surface area (Å²) in [5.74, 6) is 0. The van der Waals surface area contributed by atoms with Crippen molar-refractivity contribution in [1.29, 1.82) is 0 Å². The molecule has 92 valence electrons. The molecule has 2 aromatic rings. The number of rotatable bonds is 3. The van der Waals surface area contributed by atoms with Crippen molar-refractivity contribution in [2.75, 3.05) is 0 Å². The lowest BCUT2D eigenvalue weighted by molar-refractivity contribution is 0.112. The normalized spacial score (nSPS) is 10.4. The molecule has 0 aromatic heterocycles. The van der Waals surface area contributed by atoms with E-state index < -0.39 is 0 Å². The van der Waals surface area contributed by atoms with Gasteiger partial charge in [-0.05, 0) is 43.7 Å². The summed E-state index contributed by atoms with van der Waals surface area (Å²) in [6.45, 7) is 4.15. The predicted molar refractivity (Wildman–Crippen MR) is 76.9 cm³/mol. The smallest absolute Gasteiger partial charge is 0.151 e. The molecule has 2 aromatic carbocycles. The molecule has 18 heavy (non-hydrogen) atoms. The Bertz CT molecular complexity index is 593. The van der Waals surface area contributed by atoms with Gasteiger partial charge in [0.25, 0.3) is 0 Å². The maximum Gasteiger partial charge on any atom is 0.151 e. The fourth-order valence-corrected chi connectivity index (χ4v) is 2.87. The molecule has 0 N–H and O–H groups in total. The van der Waals surface area contributed by atoms with Crippen LogP contribution in [0.25, 0.3) is 0 Å². The van der Waals surface area contributed by atoms with Crippen LogP contribution in [-0.4, -0.2) is 6.29 Å². The number of benzene rings is 2. The highest BCUT2D eigenvalue weighted by atomic mass is 35.5. The SMILES string of the molecule is Cc1ccc(Sc2ccc(Cl)cc2C=O)c(C)c1. The fourth-order valence-electron chi connectivity index (χ4n) is 1.74. The van der Waals surface area contributed by atoms with Gasteiger partial charge in [0.15, 0.2) is 6.29 Å². The van der Waals surface area contributed by atoms with E-state index in [1.165, 1.54) is 11.1 Å². The molecule has 0 heterocycles. The minimum Gasteiger partial charge on any atom is -0.298 e. The fraction of sp³-hybridized carbons (Fsp3) is 0.133. The number of hydrogen-bond donors (Lipinski definition) is 0. The Hall–Kier alpha value is -1.25. The molecule has 0 aliphatic rings. The molecule has 0 spiro atoms. The molecule has 0 saturated carbocycles. The van der Waals surface area contributed by atoms with Gasteiger partial charge >= 0.3 is 0 Å². The number of aldehydes is 1. The summed E-state index contributed by atoms with van der Waals surface area (Å²) in [6, 6.07) is 11.7. The standard InChI is InChI=1S/C15H13ClOS/c1-10-3-5-14(11(2)7-10)18-15-6-4-13(16)8-12(15)9-17/h3-9H,1-2H3. The van der Waals surface area contributed by atoms with Crippen molar-refractivity contribution in [2.45, 2.75) is 23.6 Å². The maximum absolute atomic E-state index is 11.0. The Morgan fingerprint density at radius 3 is 2.44 bits per heavy atom. The Balaban J connectivity index is 2.36. The average Bonchev–Trinajstić information content (AvgIpc) is 2.34. The van der Waals surface area contributed by atoms with E-state index in [-0.39, 0.29) is 0 Å². The summed E-state index contributed by atoms with van der Waals surface area (Å²) in [7, 11) is 0. The second kappa shape index (κ2) is 5.59. The van der Waals surface area contributed by atoms with E-state index in [1.807, 2.05) is 6.07 Å². The van der Waals surface area contributed by atoms with Gasteiger partial charge in [-0.15, -0.1) is 0 Å². The van der Waals surface area contributed by atoms with Crippen LogP contribution >= 0.6 is 23.4 Å². The first-order valence-corrected chi connectivity index (χ1v) is 6.79. The van der Waals surface area contributed by atoms with Crippen LogP contribution in [0, 0.1) is 13.8 Å². The van der Waals surface area contributed by atoms with Gasteiger partial charge in [0.1, 0.15) is 0 Å². The Morgan fingerprint density at radius 2 is 1.78 bits per heavy atom. The van der Waals surface area contributed by atoms with Crippen molar-refractivity contribution >= 4 is 29.6 Å². The first kappa shape index (κ1) is 13.2. The molecule has 1 nitrogen and oxygen atoms in total. The van der Waals surface area contributed by atoms with Crippen molar-refractivity contribution in [3.05, 3.63) is 58.1 Å². The van der Waals surface area contributed by atoms with E-state index in [2.05, 4.69) is 32.0 Å². The highest BCUT2D eigenvalue weighted by molar-refractivity contribution is 7.99. The molecule has 0 atom stereocenters. The third-order valence-corrected chi connectivity index (χ3v) is 4.15. The molecular formula is C15H13ClOS. The van der Waals surface area contributed by atoms with Crippen molar-refractivity contribution in [2.24, 2.45) is 0 Å². The van der Waals surface area contributed by atoms with E-state index in [4.69, 9.17) is 11.6 Å². The molecule has 0 fully saturated rings. The average molecular weight is 277 g/mol. The van der Waals surface area contributed by atoms with Gasteiger partial charge in [-0.25, -0.2) is 0 Å². The number of halogens is 1. The van der Waals surface area contributed by atoms with Gasteiger partial charge in [0.05, 0.1) is 0 Å². The molecule has 0 amide bonds. The molecule has 3 heteroatoms. The lowest BCUT2D eigenvalue weighted by Gasteiger charge is -2.08. The van der Waals surface area contributed by atoms with Crippen LogP contribution in [0.15, 0.2) is 46.2 Å². The molecule has 0 aliphatic heterocycles. The van der Waals surface area contributed by atoms with Gasteiger partial charge in [-0.3, -0.25) is 4.79 Å². The highest BCUT2D eigenvalue weighted by Crippen LogP contribution is 2.33. The topological polar surface area (TPSA) is 17.1 Å². The van der Waals surface area contributed by atoms with E-state index in [1.54, 1.807) is 23.9 Å². The summed E-state index contributed by atoms with van der Waals surface area (Å²) in [4.78, 5) is 13.1. The van der Waals surface area contributed by atoms with Gasteiger partial charge < -0.3 is 0 Å². The van der Waals surface area contributed by atoms with E-state index in [0.29, 0.717) is 10.6 Å². The van der Waals surface area contributed by atoms with Gasteiger partial charge in [-0.1, -0.05) is 41.1 Å². The molecule has 0 radical (unpaired) electrons. The first-order chi connectivity index (χ1) is 8.60. The lowest BCUT2D eigenvalue weighted by atomic mass is 10.2. The number of hydrogen-bond acceptors (Lipinski definition) is 2. The maximum atomic E-state index is 11.0. The summed E-state index contributed by atoms with van der Waals surface area (Å²) in [5.41, 5.74) is 3.09. The molecule has 0 aliphatic carbocycles. The largest absolute Gasteiger partial charge is 0.298 e. The van der Waals surface area contributed by atoms with Gasteiger partial charge in [-0.2, -0.15) is 0 Å². The van der Waals surface area contributed by atoms with E-state index >= 15 is 0 Å². The summed E-state index contributed by atoms with van der Waals surface area (Å²) >= 11 is 7.48. The molecule has 0 unspecified atom stereocenters. The molecular weight excluding hydrogens is 264 g/mol. The van der Waals surface area contributed by atoms with Crippen LogP contribution in [0.3, 0.4) is 0 Å². The minimum absolute atomic E-state index is 0.585. The quantitative estimate of drug-likeness (QED) is 0.740. The van der Waals surface area contributed by atoms with Crippen molar-refractivity contribution in [1.82, 2.24) is 0 Å². The number of carbonyl (C=O) groups is 1. The van der Waals surface area contributed by atoms with E-state index in [0.717, 1.165) is 16.1 Å². The highest BCUT2D eigenvalue weighted by Gasteiger charge is 2.06. The summed E-state index contributed by atoms with van der Waals surface area (Å²) in [5, 5.41) is 0.585. The van der Waals surface area contributed by atoms with Crippen LogP contribution in [-0.2, 0) is 0 Å². The lowest BCUT2D eigenvalue weighted by Crippen LogP contribution is -1.87. The predicted octanol–water partition coefficient (Wildman–Crippen LogP) is 4.92. The third-order valence-electron chi connectivity index (χ3n) is 2.65. The van der Waals surface area contributed by atoms with Crippen LogP contribution in [0.1, 0.15) is 21.5 Å². The van der Waals surface area contributed by atoms with Crippen LogP contribution in [0.5, 0.6) is 0 Å². The second-order valence-electron chi connectivity index (χ2n) is 4.17. The van der Waals surface area contributed by atoms with E-state index in [9.17, 15) is 4.79 Å². The van der Waals surface area contributed by atoms with Crippen molar-refractivity contribution in [3.8, 4) is 0 Å². The van der Waals surface area contributed by atoms with Gasteiger partial charge in [0, 0.05) is 20.4 Å². The Morgan fingerprint density at radius 1 is 1.06 bits per heavy atom. The third kappa shape index (κ3) is 2.95. The number of carbonyl (C=O) groups excluding carboxylic acids is 1. The monoisotopic (exact) mass is 276 g/mol. The Labute approximate surface area is 116 Å². The molecule has 0 saturated heterocycles.